The Labute approximate surface area is 240 Å². The third-order valence-corrected chi connectivity index (χ3v) is 6.05. The highest BCUT2D eigenvalue weighted by atomic mass is 19.4. The lowest BCUT2D eigenvalue weighted by Gasteiger charge is -2.20. The summed E-state index contributed by atoms with van der Waals surface area (Å²) in [6.07, 6.45) is -2.28. The fraction of sp³-hybridized carbons (Fsp3) is 0.310. The zero-order valence-corrected chi connectivity index (χ0v) is 23.7. The van der Waals surface area contributed by atoms with E-state index in [4.69, 9.17) is 4.74 Å². The third-order valence-electron chi connectivity index (χ3n) is 6.05. The van der Waals surface area contributed by atoms with Crippen LogP contribution in [0.4, 0.5) is 18.0 Å². The van der Waals surface area contributed by atoms with Gasteiger partial charge in [-0.3, -0.25) is 4.79 Å². The number of ether oxygens (including phenoxy) is 1. The second-order valence-corrected chi connectivity index (χ2v) is 10.5. The quantitative estimate of drug-likeness (QED) is 0.297. The first-order chi connectivity index (χ1) is 19.7. The van der Waals surface area contributed by atoms with Crippen LogP contribution in [0.3, 0.4) is 0 Å². The maximum atomic E-state index is 13.5. The molecule has 2 amide bonds. The number of rotatable bonds is 7. The highest BCUT2D eigenvalue weighted by molar-refractivity contribution is 5.92. The van der Waals surface area contributed by atoms with Gasteiger partial charge in [-0.1, -0.05) is 30.3 Å². The Morgan fingerprint density at radius 2 is 1.76 bits per heavy atom. The van der Waals surface area contributed by atoms with E-state index in [1.54, 1.807) is 59.0 Å². The molecule has 2 aromatic heterocycles. The molecule has 0 unspecified atom stereocenters. The van der Waals surface area contributed by atoms with Gasteiger partial charge in [0.05, 0.1) is 17.8 Å². The number of aryl methyl sites for hydroxylation is 1. The average molecular weight is 582 g/mol. The molecule has 13 heteroatoms. The van der Waals surface area contributed by atoms with Gasteiger partial charge in [-0.2, -0.15) is 28.2 Å². The van der Waals surface area contributed by atoms with Gasteiger partial charge in [0.2, 0.25) is 0 Å². The Morgan fingerprint density at radius 1 is 1.05 bits per heavy atom. The lowest BCUT2D eigenvalue weighted by atomic mass is 9.95. The van der Waals surface area contributed by atoms with E-state index in [-0.39, 0.29) is 18.1 Å². The van der Waals surface area contributed by atoms with Crippen molar-refractivity contribution in [2.75, 3.05) is 0 Å². The highest BCUT2D eigenvalue weighted by Gasteiger charge is 2.31. The average Bonchev–Trinajstić information content (AvgIpc) is 3.36. The summed E-state index contributed by atoms with van der Waals surface area (Å²) in [5.74, 6) is -0.182. The minimum Gasteiger partial charge on any atom is -0.444 e. The number of halogens is 3. The van der Waals surface area contributed by atoms with Gasteiger partial charge in [0.25, 0.3) is 5.91 Å². The zero-order chi connectivity index (χ0) is 30.7. The summed E-state index contributed by atoms with van der Waals surface area (Å²) in [7, 11) is 1.65. The second kappa shape index (κ2) is 12.0. The number of hydrogen-bond donors (Lipinski definition) is 2. The molecule has 10 nitrogen and oxygen atoms in total. The number of aromatic nitrogens is 5. The molecule has 1 atom stereocenters. The summed E-state index contributed by atoms with van der Waals surface area (Å²) in [5.41, 5.74) is 1.04. The van der Waals surface area contributed by atoms with E-state index in [9.17, 15) is 22.8 Å². The number of carbonyl (C=O) groups excluding carboxylic acids is 2. The molecule has 2 aromatic carbocycles. The minimum atomic E-state index is -4.54. The number of alkyl halides is 3. The SMILES string of the molecule is C[C@@H](NC(=O)c1ccnc(-c2cnn(C)n2)n1)c1ccc(-c2cc(C(F)(F)F)ccc2CNC(=O)OC(C)(C)C)cc1. The van der Waals surface area contributed by atoms with Gasteiger partial charge in [-0.15, -0.1) is 0 Å². The van der Waals surface area contributed by atoms with Gasteiger partial charge in [-0.05, 0) is 68.1 Å². The normalized spacial score (nSPS) is 12.5. The summed E-state index contributed by atoms with van der Waals surface area (Å²) >= 11 is 0. The second-order valence-electron chi connectivity index (χ2n) is 10.5. The largest absolute Gasteiger partial charge is 0.444 e. The molecule has 4 rings (SSSR count). The summed E-state index contributed by atoms with van der Waals surface area (Å²) in [5, 5.41) is 13.6. The van der Waals surface area contributed by atoms with Crippen molar-refractivity contribution in [1.82, 2.24) is 35.6 Å². The number of hydrogen-bond acceptors (Lipinski definition) is 7. The van der Waals surface area contributed by atoms with Gasteiger partial charge in [0.15, 0.2) is 5.82 Å². The topological polar surface area (TPSA) is 124 Å². The molecule has 42 heavy (non-hydrogen) atoms. The molecule has 0 bridgehead atoms. The van der Waals surface area contributed by atoms with Crippen molar-refractivity contribution in [3.05, 3.63) is 83.3 Å². The molecule has 0 fully saturated rings. The van der Waals surface area contributed by atoms with E-state index >= 15 is 0 Å². The molecule has 0 spiro atoms. The van der Waals surface area contributed by atoms with Crippen molar-refractivity contribution in [3.8, 4) is 22.6 Å². The number of nitrogens with one attached hydrogen (secondary N) is 2. The van der Waals surface area contributed by atoms with Crippen molar-refractivity contribution < 1.29 is 27.5 Å². The first-order valence-corrected chi connectivity index (χ1v) is 13.0. The van der Waals surface area contributed by atoms with Crippen LogP contribution in [0.5, 0.6) is 0 Å². The van der Waals surface area contributed by atoms with E-state index in [1.807, 2.05) is 0 Å². The van der Waals surface area contributed by atoms with Crippen molar-refractivity contribution >= 4 is 12.0 Å². The van der Waals surface area contributed by atoms with Crippen molar-refractivity contribution in [3.63, 3.8) is 0 Å². The van der Waals surface area contributed by atoms with Gasteiger partial charge < -0.3 is 15.4 Å². The number of benzene rings is 2. The maximum Gasteiger partial charge on any atom is 0.416 e. The zero-order valence-electron chi connectivity index (χ0n) is 23.7. The number of carbonyl (C=O) groups is 2. The minimum absolute atomic E-state index is 0.0356. The summed E-state index contributed by atoms with van der Waals surface area (Å²) in [6, 6.07) is 11.2. The van der Waals surface area contributed by atoms with Gasteiger partial charge in [0.1, 0.15) is 17.0 Å². The molecule has 2 heterocycles. The summed E-state index contributed by atoms with van der Waals surface area (Å²) in [4.78, 5) is 34.8. The molecule has 2 N–H and O–H groups in total. The molecule has 220 valence electrons. The number of nitrogens with zero attached hydrogens (tertiary/aromatic N) is 5. The van der Waals surface area contributed by atoms with E-state index in [2.05, 4.69) is 30.8 Å². The first-order valence-electron chi connectivity index (χ1n) is 13.0. The first kappa shape index (κ1) is 30.2. The maximum absolute atomic E-state index is 13.5. The monoisotopic (exact) mass is 581 g/mol. The number of alkyl carbamates (subject to hydrolysis) is 1. The van der Waals surface area contributed by atoms with E-state index in [1.165, 1.54) is 29.3 Å². The molecule has 0 saturated heterocycles. The van der Waals surface area contributed by atoms with Crippen LogP contribution >= 0.6 is 0 Å². The lowest BCUT2D eigenvalue weighted by molar-refractivity contribution is -0.137. The van der Waals surface area contributed by atoms with Gasteiger partial charge >= 0.3 is 12.3 Å². The molecular formula is C29H30F3N7O3. The van der Waals surface area contributed by atoms with Crippen molar-refractivity contribution in [2.24, 2.45) is 7.05 Å². The smallest absolute Gasteiger partial charge is 0.416 e. The van der Waals surface area contributed by atoms with Crippen LogP contribution in [-0.2, 0) is 24.5 Å². The van der Waals surface area contributed by atoms with Crippen LogP contribution in [0, 0.1) is 0 Å². The lowest BCUT2D eigenvalue weighted by Crippen LogP contribution is -2.32. The molecular weight excluding hydrogens is 551 g/mol. The third kappa shape index (κ3) is 7.68. The van der Waals surface area contributed by atoms with Crippen LogP contribution in [0.1, 0.15) is 60.9 Å². The van der Waals surface area contributed by atoms with Crippen molar-refractivity contribution in [2.45, 2.75) is 52.1 Å². The Kier molecular flexibility index (Phi) is 8.59. The van der Waals surface area contributed by atoms with E-state index in [0.717, 1.165) is 17.7 Å². The molecule has 0 saturated carbocycles. The fourth-order valence-electron chi connectivity index (χ4n) is 4.02. The fourth-order valence-corrected chi connectivity index (χ4v) is 4.02. The van der Waals surface area contributed by atoms with Crippen molar-refractivity contribution in [1.29, 1.82) is 0 Å². The molecule has 0 radical (unpaired) electrons. The molecule has 0 aliphatic rings. The molecule has 0 aliphatic heterocycles. The predicted molar refractivity (Wildman–Crippen MR) is 148 cm³/mol. The number of amides is 2. The van der Waals surface area contributed by atoms with Crippen LogP contribution < -0.4 is 10.6 Å². The molecule has 0 aliphatic carbocycles. The highest BCUT2D eigenvalue weighted by Crippen LogP contribution is 2.34. The van der Waals surface area contributed by atoms with Crippen LogP contribution in [0.25, 0.3) is 22.6 Å². The predicted octanol–water partition coefficient (Wildman–Crippen LogP) is 5.47. The molecule has 4 aromatic rings. The van der Waals surface area contributed by atoms with Gasteiger partial charge in [0, 0.05) is 19.8 Å². The van der Waals surface area contributed by atoms with Gasteiger partial charge in [-0.25, -0.2) is 14.8 Å². The van der Waals surface area contributed by atoms with Crippen LogP contribution in [0.2, 0.25) is 0 Å². The Balaban J connectivity index is 1.51. The van der Waals surface area contributed by atoms with Crippen LogP contribution in [0.15, 0.2) is 60.9 Å². The standard InChI is InChI=1S/C29H30F3N7O3/c1-17(36-26(40)23-12-13-33-25(37-23)24-16-35-39(5)38-24)18-6-8-19(9-7-18)22-14-21(29(30,31)32)11-10-20(22)15-34-27(41)42-28(2,3)4/h6-14,16-17H,15H2,1-5H3,(H,34,41)(H,36,40)/t17-/m1/s1. The Hall–Kier alpha value is -4.81. The van der Waals surface area contributed by atoms with E-state index in [0.29, 0.717) is 22.4 Å². The van der Waals surface area contributed by atoms with E-state index < -0.39 is 35.4 Å². The Bertz CT molecular complexity index is 1580. The Morgan fingerprint density at radius 3 is 2.38 bits per heavy atom. The summed E-state index contributed by atoms with van der Waals surface area (Å²) in [6.45, 7) is 6.88. The summed E-state index contributed by atoms with van der Waals surface area (Å²) < 4.78 is 45.8. The van der Waals surface area contributed by atoms with Crippen LogP contribution in [-0.4, -0.2) is 42.6 Å².